The van der Waals surface area contributed by atoms with Crippen LogP contribution in [0.2, 0.25) is 0 Å². The summed E-state index contributed by atoms with van der Waals surface area (Å²) in [6.07, 6.45) is 2.14. The van der Waals surface area contributed by atoms with E-state index in [4.69, 9.17) is 0 Å². The molecule has 0 atom stereocenters. The summed E-state index contributed by atoms with van der Waals surface area (Å²) in [5, 5.41) is 10.0. The van der Waals surface area contributed by atoms with E-state index in [0.717, 1.165) is 18.4 Å². The molecule has 3 aromatic rings. The molecule has 4 rings (SSSR count). The molecule has 1 fully saturated rings. The van der Waals surface area contributed by atoms with Crippen molar-refractivity contribution in [1.82, 2.24) is 9.55 Å². The monoisotopic (exact) mass is 268 g/mol. The van der Waals surface area contributed by atoms with E-state index in [1.807, 2.05) is 22.8 Å². The smallest absolute Gasteiger partial charge is 0.151 e. The van der Waals surface area contributed by atoms with Crippen LogP contribution in [0.15, 0.2) is 42.5 Å². The summed E-state index contributed by atoms with van der Waals surface area (Å²) in [6.45, 7) is 0. The number of rotatable bonds is 2. The average molecular weight is 268 g/mol. The van der Waals surface area contributed by atoms with Crippen molar-refractivity contribution in [2.24, 2.45) is 0 Å². The van der Waals surface area contributed by atoms with Crippen molar-refractivity contribution in [3.8, 4) is 17.1 Å². The van der Waals surface area contributed by atoms with E-state index in [9.17, 15) is 9.50 Å². The third-order valence-electron chi connectivity index (χ3n) is 3.73. The van der Waals surface area contributed by atoms with E-state index >= 15 is 0 Å². The Bertz CT molecular complexity index is 805. The van der Waals surface area contributed by atoms with Crippen LogP contribution in [-0.4, -0.2) is 14.7 Å². The Balaban J connectivity index is 2.06. The lowest BCUT2D eigenvalue weighted by Gasteiger charge is -2.08. The first kappa shape index (κ1) is 11.5. The van der Waals surface area contributed by atoms with E-state index in [-0.39, 0.29) is 11.6 Å². The van der Waals surface area contributed by atoms with E-state index in [2.05, 4.69) is 4.98 Å². The summed E-state index contributed by atoms with van der Waals surface area (Å²) in [4.78, 5) is 4.43. The number of phenolic OH excluding ortho intramolecular Hbond substituents is 1. The van der Waals surface area contributed by atoms with Gasteiger partial charge in [0.15, 0.2) is 5.82 Å². The van der Waals surface area contributed by atoms with Gasteiger partial charge >= 0.3 is 0 Å². The van der Waals surface area contributed by atoms with Crippen molar-refractivity contribution < 1.29 is 9.50 Å². The first-order chi connectivity index (χ1) is 9.75. The molecule has 0 unspecified atom stereocenters. The van der Waals surface area contributed by atoms with Gasteiger partial charge < -0.3 is 9.67 Å². The molecule has 1 aliphatic rings. The maximum atomic E-state index is 13.9. The van der Waals surface area contributed by atoms with Crippen molar-refractivity contribution in [3.63, 3.8) is 0 Å². The predicted octanol–water partition coefficient (Wildman–Crippen LogP) is 3.88. The second-order valence-electron chi connectivity index (χ2n) is 5.16. The second-order valence-corrected chi connectivity index (χ2v) is 5.16. The summed E-state index contributed by atoms with van der Waals surface area (Å²) < 4.78 is 16.0. The minimum absolute atomic E-state index is 0.171. The van der Waals surface area contributed by atoms with Gasteiger partial charge in [-0.25, -0.2) is 9.37 Å². The Hall–Kier alpha value is -2.36. The number of fused-ring (bicyclic) bond motifs is 1. The minimum Gasteiger partial charge on any atom is -0.507 e. The summed E-state index contributed by atoms with van der Waals surface area (Å²) in [5.74, 6) is 0.495. The molecular formula is C16H13FN2O. The molecule has 0 radical (unpaired) electrons. The van der Waals surface area contributed by atoms with Gasteiger partial charge in [-0.15, -0.1) is 0 Å². The van der Waals surface area contributed by atoms with Crippen molar-refractivity contribution in [1.29, 1.82) is 0 Å². The first-order valence-corrected chi connectivity index (χ1v) is 6.70. The number of imidazole rings is 1. The van der Waals surface area contributed by atoms with Crippen LogP contribution in [0.4, 0.5) is 4.39 Å². The van der Waals surface area contributed by atoms with Gasteiger partial charge in [0, 0.05) is 6.04 Å². The number of aromatic nitrogens is 2. The van der Waals surface area contributed by atoms with Crippen LogP contribution in [-0.2, 0) is 0 Å². The number of halogens is 1. The minimum atomic E-state index is -0.321. The molecule has 1 N–H and O–H groups in total. The fourth-order valence-electron chi connectivity index (χ4n) is 2.64. The molecule has 20 heavy (non-hydrogen) atoms. The van der Waals surface area contributed by atoms with E-state index in [0.29, 0.717) is 22.9 Å². The zero-order valence-corrected chi connectivity index (χ0v) is 10.8. The largest absolute Gasteiger partial charge is 0.507 e. The number of phenols is 1. The molecule has 1 saturated carbocycles. The van der Waals surface area contributed by atoms with Gasteiger partial charge in [0.05, 0.1) is 11.1 Å². The maximum absolute atomic E-state index is 13.9. The molecule has 3 nitrogen and oxygen atoms in total. The Morgan fingerprint density at radius 1 is 1.10 bits per heavy atom. The van der Waals surface area contributed by atoms with Crippen LogP contribution in [0.1, 0.15) is 18.9 Å². The highest BCUT2D eigenvalue weighted by Crippen LogP contribution is 2.42. The number of aromatic hydroxyl groups is 1. The van der Waals surface area contributed by atoms with E-state index in [1.54, 1.807) is 18.2 Å². The Labute approximate surface area is 115 Å². The second kappa shape index (κ2) is 4.07. The fraction of sp³-hybridized carbons (Fsp3) is 0.188. The quantitative estimate of drug-likeness (QED) is 0.765. The highest BCUT2D eigenvalue weighted by Gasteiger charge is 2.29. The summed E-state index contributed by atoms with van der Waals surface area (Å²) in [6, 6.07) is 12.4. The van der Waals surface area contributed by atoms with Crippen LogP contribution in [0.3, 0.4) is 0 Å². The molecule has 0 spiro atoms. The number of hydrogen-bond donors (Lipinski definition) is 1. The topological polar surface area (TPSA) is 38.1 Å². The van der Waals surface area contributed by atoms with Crippen LogP contribution >= 0.6 is 0 Å². The predicted molar refractivity (Wildman–Crippen MR) is 75.1 cm³/mol. The molecular weight excluding hydrogens is 255 g/mol. The molecule has 0 amide bonds. The Kier molecular flexibility index (Phi) is 2.33. The number of hydrogen-bond acceptors (Lipinski definition) is 2. The van der Waals surface area contributed by atoms with Crippen LogP contribution in [0.5, 0.6) is 5.75 Å². The highest BCUT2D eigenvalue weighted by molar-refractivity contribution is 5.82. The molecule has 1 aromatic heterocycles. The van der Waals surface area contributed by atoms with Crippen LogP contribution < -0.4 is 0 Å². The molecule has 0 aliphatic heterocycles. The van der Waals surface area contributed by atoms with Gasteiger partial charge in [0.1, 0.15) is 17.1 Å². The van der Waals surface area contributed by atoms with Gasteiger partial charge in [-0.05, 0) is 37.1 Å². The number of para-hydroxylation sites is 2. The number of nitrogens with zero attached hydrogens (tertiary/aromatic N) is 2. The highest BCUT2D eigenvalue weighted by atomic mass is 19.1. The molecule has 0 bridgehead atoms. The zero-order chi connectivity index (χ0) is 13.7. The van der Waals surface area contributed by atoms with Crippen molar-refractivity contribution in [3.05, 3.63) is 48.3 Å². The molecule has 2 aromatic carbocycles. The first-order valence-electron chi connectivity index (χ1n) is 6.70. The maximum Gasteiger partial charge on any atom is 0.151 e. The zero-order valence-electron chi connectivity index (χ0n) is 10.8. The molecule has 0 saturated heterocycles. The lowest BCUT2D eigenvalue weighted by molar-refractivity contribution is 0.476. The van der Waals surface area contributed by atoms with Gasteiger partial charge in [-0.1, -0.05) is 18.2 Å². The van der Waals surface area contributed by atoms with Gasteiger partial charge in [0.2, 0.25) is 0 Å². The molecule has 100 valence electrons. The van der Waals surface area contributed by atoms with Crippen molar-refractivity contribution in [2.45, 2.75) is 18.9 Å². The molecule has 1 heterocycles. The van der Waals surface area contributed by atoms with Crippen LogP contribution in [0.25, 0.3) is 22.4 Å². The normalized spacial score (nSPS) is 14.8. The third-order valence-corrected chi connectivity index (χ3v) is 3.73. The van der Waals surface area contributed by atoms with Gasteiger partial charge in [0.25, 0.3) is 0 Å². The number of benzene rings is 2. The van der Waals surface area contributed by atoms with E-state index < -0.39 is 0 Å². The lowest BCUT2D eigenvalue weighted by atomic mass is 10.2. The Morgan fingerprint density at radius 2 is 1.90 bits per heavy atom. The SMILES string of the molecule is Oc1ccccc1-c1nc2c(F)cccc2n1C1CC1. The third kappa shape index (κ3) is 1.61. The Morgan fingerprint density at radius 3 is 2.65 bits per heavy atom. The molecule has 4 heteroatoms. The van der Waals surface area contributed by atoms with Crippen molar-refractivity contribution in [2.75, 3.05) is 0 Å². The summed E-state index contributed by atoms with van der Waals surface area (Å²) >= 11 is 0. The fourth-order valence-corrected chi connectivity index (χ4v) is 2.64. The standard InChI is InChI=1S/C16H13FN2O/c17-12-5-3-6-13-15(12)18-16(19(13)10-8-9-10)11-4-1-2-7-14(11)20/h1-7,10,20H,8-9H2. The van der Waals surface area contributed by atoms with Gasteiger partial charge in [-0.3, -0.25) is 0 Å². The van der Waals surface area contributed by atoms with E-state index in [1.165, 1.54) is 6.07 Å². The lowest BCUT2D eigenvalue weighted by Crippen LogP contribution is -1.97. The van der Waals surface area contributed by atoms with Gasteiger partial charge in [-0.2, -0.15) is 0 Å². The average Bonchev–Trinajstić information content (AvgIpc) is 3.20. The summed E-state index contributed by atoms with van der Waals surface area (Å²) in [7, 11) is 0. The molecule has 1 aliphatic carbocycles. The van der Waals surface area contributed by atoms with Crippen molar-refractivity contribution >= 4 is 11.0 Å². The van der Waals surface area contributed by atoms with Crippen LogP contribution in [0, 0.1) is 5.82 Å². The summed E-state index contributed by atoms with van der Waals surface area (Å²) in [5.41, 5.74) is 1.82.